The van der Waals surface area contributed by atoms with Gasteiger partial charge in [-0.2, -0.15) is 13.2 Å². The van der Waals surface area contributed by atoms with E-state index in [1.54, 1.807) is 30.3 Å². The lowest BCUT2D eigenvalue weighted by atomic mass is 10.1. The summed E-state index contributed by atoms with van der Waals surface area (Å²) in [5, 5.41) is 18.7. The van der Waals surface area contributed by atoms with Crippen molar-refractivity contribution < 1.29 is 41.4 Å². The van der Waals surface area contributed by atoms with Gasteiger partial charge < -0.3 is 15.1 Å². The number of nitrogens with zero attached hydrogens (tertiary/aromatic N) is 1. The topological polar surface area (TPSA) is 112 Å². The molecule has 0 atom stereocenters. The van der Waals surface area contributed by atoms with Crippen molar-refractivity contribution in [2.45, 2.75) is 35.4 Å². The second-order valence-electron chi connectivity index (χ2n) is 7.95. The number of aryl methyl sites for hydroxylation is 1. The molecule has 0 aliphatic carbocycles. The molecule has 2 N–H and O–H groups in total. The van der Waals surface area contributed by atoms with Gasteiger partial charge in [0, 0.05) is 13.1 Å². The predicted molar refractivity (Wildman–Crippen MR) is 123 cm³/mol. The molecule has 0 aliphatic heterocycles. The molecule has 0 saturated heterocycles. The number of carbonyl (C=O) groups is 2. The van der Waals surface area contributed by atoms with Crippen LogP contribution in [0, 0.1) is 0 Å². The first-order valence-electron chi connectivity index (χ1n) is 10.7. The lowest BCUT2D eigenvalue weighted by molar-refractivity contribution is -0.186. The maximum absolute atomic E-state index is 13.0. The van der Waals surface area contributed by atoms with Crippen molar-refractivity contribution in [2.75, 3.05) is 6.54 Å². The Balaban J connectivity index is 1.70. The first kappa shape index (κ1) is 26.7. The lowest BCUT2D eigenvalue weighted by Gasteiger charge is -2.24. The third-order valence-electron chi connectivity index (χ3n) is 5.38. The minimum atomic E-state index is -5.00. The highest BCUT2D eigenvalue weighted by Gasteiger charge is 2.42. The quantitative estimate of drug-likeness (QED) is 0.431. The van der Waals surface area contributed by atoms with Crippen molar-refractivity contribution in [2.24, 2.45) is 0 Å². The van der Waals surface area contributed by atoms with Crippen LogP contribution in [-0.4, -0.2) is 48.1 Å². The van der Waals surface area contributed by atoms with Gasteiger partial charge in [-0.25, -0.2) is 13.2 Å². The molecule has 190 valence electrons. The van der Waals surface area contributed by atoms with Crippen LogP contribution in [0.5, 0.6) is 5.75 Å². The number of rotatable bonds is 9. The SMILES string of the molecule is O=C(O)c1cc(S(=O)(=O)c2ccc(CCCN(Cc3ccccc3)C(=O)C(F)(F)F)cc2)ccc1O. The molecule has 0 aliphatic rings. The molecular weight excluding hydrogens is 499 g/mol. The predicted octanol–water partition coefficient (Wildman–Crippen LogP) is 4.45. The molecule has 0 spiro atoms. The Kier molecular flexibility index (Phi) is 8.03. The number of aromatic hydroxyl groups is 1. The molecule has 0 unspecified atom stereocenters. The molecule has 3 aromatic carbocycles. The zero-order valence-electron chi connectivity index (χ0n) is 18.8. The van der Waals surface area contributed by atoms with Gasteiger partial charge in [0.15, 0.2) is 0 Å². The summed E-state index contributed by atoms with van der Waals surface area (Å²) in [6.45, 7) is -0.347. The van der Waals surface area contributed by atoms with Crippen LogP contribution in [0.2, 0.25) is 0 Å². The fourth-order valence-corrected chi connectivity index (χ4v) is 4.82. The number of benzene rings is 3. The molecule has 11 heteroatoms. The Bertz CT molecular complexity index is 1340. The third kappa shape index (κ3) is 6.42. The van der Waals surface area contributed by atoms with Crippen molar-refractivity contribution in [3.05, 3.63) is 89.5 Å². The van der Waals surface area contributed by atoms with Crippen LogP contribution >= 0.6 is 0 Å². The largest absolute Gasteiger partial charge is 0.507 e. The van der Waals surface area contributed by atoms with Crippen LogP contribution in [0.3, 0.4) is 0 Å². The van der Waals surface area contributed by atoms with Gasteiger partial charge >= 0.3 is 18.1 Å². The maximum Gasteiger partial charge on any atom is 0.471 e. The summed E-state index contributed by atoms with van der Waals surface area (Å²) in [5.41, 5.74) is 0.649. The molecule has 36 heavy (non-hydrogen) atoms. The van der Waals surface area contributed by atoms with Crippen molar-refractivity contribution in [3.63, 3.8) is 0 Å². The smallest absolute Gasteiger partial charge is 0.471 e. The third-order valence-corrected chi connectivity index (χ3v) is 7.15. The van der Waals surface area contributed by atoms with Crippen molar-refractivity contribution in [3.8, 4) is 5.75 Å². The molecule has 3 aromatic rings. The molecule has 0 aromatic heterocycles. The molecule has 0 fully saturated rings. The minimum Gasteiger partial charge on any atom is -0.507 e. The summed E-state index contributed by atoms with van der Waals surface area (Å²) < 4.78 is 64.8. The summed E-state index contributed by atoms with van der Waals surface area (Å²) in [7, 11) is -4.08. The Morgan fingerprint density at radius 3 is 2.06 bits per heavy atom. The summed E-state index contributed by atoms with van der Waals surface area (Å²) >= 11 is 0. The van der Waals surface area contributed by atoms with E-state index in [4.69, 9.17) is 5.11 Å². The number of carbonyl (C=O) groups excluding carboxylic acids is 1. The summed E-state index contributed by atoms with van der Waals surface area (Å²) in [6.07, 6.45) is -4.50. The monoisotopic (exact) mass is 521 g/mol. The Morgan fingerprint density at radius 2 is 1.47 bits per heavy atom. The van der Waals surface area contributed by atoms with E-state index in [2.05, 4.69) is 0 Å². The number of hydrogen-bond acceptors (Lipinski definition) is 5. The van der Waals surface area contributed by atoms with Gasteiger partial charge in [-0.05, 0) is 54.3 Å². The Morgan fingerprint density at radius 1 is 0.861 bits per heavy atom. The summed E-state index contributed by atoms with van der Waals surface area (Å²) in [4.78, 5) is 23.4. The van der Waals surface area contributed by atoms with E-state index in [9.17, 15) is 36.3 Å². The number of carboxylic acids is 1. The zero-order valence-corrected chi connectivity index (χ0v) is 19.6. The van der Waals surface area contributed by atoms with Gasteiger partial charge in [-0.1, -0.05) is 42.5 Å². The molecular formula is C25H22F3NO6S. The number of hydrogen-bond donors (Lipinski definition) is 2. The highest BCUT2D eigenvalue weighted by molar-refractivity contribution is 7.91. The number of aromatic carboxylic acids is 1. The average molecular weight is 522 g/mol. The highest BCUT2D eigenvalue weighted by Crippen LogP contribution is 2.27. The molecule has 0 radical (unpaired) electrons. The van der Waals surface area contributed by atoms with Gasteiger partial charge in [0.1, 0.15) is 11.3 Å². The summed E-state index contributed by atoms with van der Waals surface area (Å²) in [5.74, 6) is -3.98. The highest BCUT2D eigenvalue weighted by atomic mass is 32.2. The standard InChI is InChI=1S/C25H22F3NO6S/c26-25(27,28)24(33)29(16-18-5-2-1-3-6-18)14-4-7-17-8-10-19(11-9-17)36(34,35)20-12-13-22(30)21(15-20)23(31)32/h1-3,5-6,8-13,15,30H,4,7,14,16H2,(H,31,32). The number of phenols is 1. The van der Waals surface area contributed by atoms with E-state index in [1.165, 1.54) is 24.3 Å². The fraction of sp³-hybridized carbons (Fsp3) is 0.200. The van der Waals surface area contributed by atoms with Crippen LogP contribution in [0.1, 0.15) is 27.9 Å². The van der Waals surface area contributed by atoms with Crippen molar-refractivity contribution >= 4 is 21.7 Å². The number of halogens is 3. The van der Waals surface area contributed by atoms with E-state index < -0.39 is 39.2 Å². The van der Waals surface area contributed by atoms with E-state index in [0.717, 1.165) is 23.1 Å². The van der Waals surface area contributed by atoms with Gasteiger partial charge in [0.05, 0.1) is 9.79 Å². The van der Waals surface area contributed by atoms with Crippen LogP contribution in [0.15, 0.2) is 82.6 Å². The normalized spacial score (nSPS) is 11.8. The van der Waals surface area contributed by atoms with Crippen LogP contribution in [0.25, 0.3) is 0 Å². The van der Waals surface area contributed by atoms with Gasteiger partial charge in [-0.15, -0.1) is 0 Å². The van der Waals surface area contributed by atoms with E-state index in [1.807, 2.05) is 0 Å². The zero-order chi connectivity index (χ0) is 26.5. The van der Waals surface area contributed by atoms with Crippen LogP contribution in [-0.2, 0) is 27.6 Å². The Hall–Kier alpha value is -3.86. The number of alkyl halides is 3. The van der Waals surface area contributed by atoms with E-state index in [0.29, 0.717) is 17.5 Å². The van der Waals surface area contributed by atoms with E-state index >= 15 is 0 Å². The molecule has 0 bridgehead atoms. The molecule has 0 saturated carbocycles. The maximum atomic E-state index is 13.0. The molecule has 7 nitrogen and oxygen atoms in total. The first-order valence-corrected chi connectivity index (χ1v) is 12.2. The average Bonchev–Trinajstić information content (AvgIpc) is 2.83. The number of carboxylic acid groups (broad SMARTS) is 1. The van der Waals surface area contributed by atoms with Crippen LogP contribution in [0.4, 0.5) is 13.2 Å². The molecule has 3 rings (SSSR count). The fourth-order valence-electron chi connectivity index (χ4n) is 3.53. The second kappa shape index (κ2) is 10.8. The second-order valence-corrected chi connectivity index (χ2v) is 9.89. The number of sulfone groups is 1. The van der Waals surface area contributed by atoms with E-state index in [-0.39, 0.29) is 29.3 Å². The minimum absolute atomic E-state index is 0.119. The van der Waals surface area contributed by atoms with Crippen molar-refractivity contribution in [1.29, 1.82) is 0 Å². The van der Waals surface area contributed by atoms with Gasteiger partial charge in [-0.3, -0.25) is 4.79 Å². The first-order chi connectivity index (χ1) is 16.9. The summed E-state index contributed by atoms with van der Waals surface area (Å²) in [6, 6.07) is 16.8. The Labute approximate surface area is 205 Å². The van der Waals surface area contributed by atoms with Gasteiger partial charge in [0.2, 0.25) is 9.84 Å². The molecule has 1 amide bonds. The molecule has 0 heterocycles. The van der Waals surface area contributed by atoms with Gasteiger partial charge in [0.25, 0.3) is 0 Å². The number of amides is 1. The van der Waals surface area contributed by atoms with Crippen molar-refractivity contribution in [1.82, 2.24) is 4.90 Å². The lowest BCUT2D eigenvalue weighted by Crippen LogP contribution is -2.41. The van der Waals surface area contributed by atoms with Crippen LogP contribution < -0.4 is 0 Å².